The maximum Gasteiger partial charge on any atom is 0.130 e. The molecule has 1 aromatic rings. The highest BCUT2D eigenvalue weighted by Crippen LogP contribution is 2.47. The lowest BCUT2D eigenvalue weighted by Gasteiger charge is -2.25. The first-order chi connectivity index (χ1) is 7.99. The van der Waals surface area contributed by atoms with Crippen LogP contribution in [0.3, 0.4) is 0 Å². The Balaban J connectivity index is 3.25. The van der Waals surface area contributed by atoms with Crippen molar-refractivity contribution in [2.24, 2.45) is 0 Å². The zero-order chi connectivity index (χ0) is 14.1. The first kappa shape index (κ1) is 15.8. The molecular formula is C15H24OS2. The molecule has 0 radical (unpaired) electrons. The average Bonchev–Trinajstić information content (AvgIpc) is 2.14. The minimum Gasteiger partial charge on any atom is -0.507 e. The van der Waals surface area contributed by atoms with Crippen molar-refractivity contribution in [3.05, 3.63) is 17.7 Å². The number of hydrogen-bond donors (Lipinski definition) is 1. The molecule has 102 valence electrons. The zero-order valence-corrected chi connectivity index (χ0v) is 14.1. The Hall–Kier alpha value is -0.280. The summed E-state index contributed by atoms with van der Waals surface area (Å²) in [7, 11) is 0. The summed E-state index contributed by atoms with van der Waals surface area (Å²) in [5, 5.41) is 10.1. The summed E-state index contributed by atoms with van der Waals surface area (Å²) >= 11 is 3.57. The molecule has 0 bridgehead atoms. The molecule has 0 aliphatic heterocycles. The summed E-state index contributed by atoms with van der Waals surface area (Å²) in [4.78, 5) is 2.23. The highest BCUT2D eigenvalue weighted by molar-refractivity contribution is 8.03. The number of phenolic OH excluding ortho intramolecular Hbond substituents is 1. The van der Waals surface area contributed by atoms with Gasteiger partial charge >= 0.3 is 0 Å². The highest BCUT2D eigenvalue weighted by atomic mass is 32.2. The largest absolute Gasteiger partial charge is 0.507 e. The van der Waals surface area contributed by atoms with E-state index in [1.165, 1.54) is 10.5 Å². The molecule has 0 heterocycles. The Morgan fingerprint density at radius 2 is 1.28 bits per heavy atom. The summed E-state index contributed by atoms with van der Waals surface area (Å²) in [6.07, 6.45) is 0. The number of hydrogen-bond acceptors (Lipinski definition) is 3. The monoisotopic (exact) mass is 284 g/mol. The molecule has 1 rings (SSSR count). The molecule has 1 nitrogen and oxygen atoms in total. The lowest BCUT2D eigenvalue weighted by molar-refractivity contribution is 0.458. The molecule has 0 saturated carbocycles. The Morgan fingerprint density at radius 3 is 1.72 bits per heavy atom. The van der Waals surface area contributed by atoms with E-state index in [0.29, 0.717) is 5.75 Å². The van der Waals surface area contributed by atoms with E-state index in [9.17, 15) is 5.11 Å². The molecule has 0 amide bonds. The molecule has 0 spiro atoms. The third kappa shape index (κ3) is 4.77. The molecule has 1 aromatic carbocycles. The quantitative estimate of drug-likeness (QED) is 0.726. The van der Waals surface area contributed by atoms with Crippen molar-refractivity contribution in [3.8, 4) is 5.75 Å². The van der Waals surface area contributed by atoms with E-state index in [-0.39, 0.29) is 9.49 Å². The second-order valence-corrected chi connectivity index (χ2v) is 10.2. The maximum absolute atomic E-state index is 10.1. The highest BCUT2D eigenvalue weighted by Gasteiger charge is 2.23. The van der Waals surface area contributed by atoms with Crippen LogP contribution in [0, 0.1) is 6.92 Å². The van der Waals surface area contributed by atoms with Gasteiger partial charge in [0.25, 0.3) is 0 Å². The molecule has 0 atom stereocenters. The fraction of sp³-hybridized carbons (Fsp3) is 0.600. The SMILES string of the molecule is Cc1ccc(O)c(SC(C)(C)C)c1SC(C)(C)C. The van der Waals surface area contributed by atoms with Crippen LogP contribution in [0.5, 0.6) is 5.75 Å². The van der Waals surface area contributed by atoms with Crippen LogP contribution in [0.4, 0.5) is 0 Å². The first-order valence-electron chi connectivity index (χ1n) is 6.20. The van der Waals surface area contributed by atoms with Crippen LogP contribution in [0.2, 0.25) is 0 Å². The summed E-state index contributed by atoms with van der Waals surface area (Å²) in [5.41, 5.74) is 1.24. The van der Waals surface area contributed by atoms with Gasteiger partial charge in [-0.2, -0.15) is 0 Å². The Kier molecular flexibility index (Phi) is 4.71. The molecule has 18 heavy (non-hydrogen) atoms. The van der Waals surface area contributed by atoms with Crippen molar-refractivity contribution in [1.29, 1.82) is 0 Å². The van der Waals surface area contributed by atoms with Crippen LogP contribution in [-0.4, -0.2) is 14.6 Å². The molecule has 0 aromatic heterocycles. The van der Waals surface area contributed by atoms with Crippen LogP contribution in [-0.2, 0) is 0 Å². The zero-order valence-electron chi connectivity index (χ0n) is 12.4. The molecule has 0 fully saturated rings. The summed E-state index contributed by atoms with van der Waals surface area (Å²) in [6.45, 7) is 15.2. The molecule has 0 unspecified atom stereocenters. The van der Waals surface area contributed by atoms with Crippen molar-refractivity contribution >= 4 is 23.5 Å². The standard InChI is InChI=1S/C15H24OS2/c1-10-8-9-11(16)13(18-15(5,6)7)12(10)17-14(2,3)4/h8-9,16H,1-7H3. The van der Waals surface area contributed by atoms with E-state index in [2.05, 4.69) is 48.5 Å². The van der Waals surface area contributed by atoms with Gasteiger partial charge in [-0.3, -0.25) is 0 Å². The van der Waals surface area contributed by atoms with Crippen molar-refractivity contribution < 1.29 is 5.11 Å². The molecule has 3 heteroatoms. The van der Waals surface area contributed by atoms with Crippen LogP contribution < -0.4 is 0 Å². The van der Waals surface area contributed by atoms with Gasteiger partial charge in [0.05, 0.1) is 4.90 Å². The van der Waals surface area contributed by atoms with Gasteiger partial charge < -0.3 is 5.11 Å². The molecule has 0 aliphatic rings. The van der Waals surface area contributed by atoms with Crippen LogP contribution in [0.15, 0.2) is 21.9 Å². The van der Waals surface area contributed by atoms with Crippen molar-refractivity contribution in [1.82, 2.24) is 0 Å². The number of aromatic hydroxyl groups is 1. The molecule has 1 N–H and O–H groups in total. The predicted octanol–water partition coefficient (Wildman–Crippen LogP) is 5.48. The minimum atomic E-state index is 0.0957. The first-order valence-corrected chi connectivity index (χ1v) is 7.83. The second-order valence-electron chi connectivity index (χ2n) is 6.49. The third-order valence-electron chi connectivity index (χ3n) is 2.10. The van der Waals surface area contributed by atoms with E-state index in [4.69, 9.17) is 0 Å². The number of phenols is 1. The molecule has 0 saturated heterocycles. The van der Waals surface area contributed by atoms with Crippen LogP contribution in [0.25, 0.3) is 0 Å². The van der Waals surface area contributed by atoms with Crippen molar-refractivity contribution in [2.75, 3.05) is 0 Å². The Morgan fingerprint density at radius 1 is 0.833 bits per heavy atom. The summed E-state index contributed by atoms with van der Waals surface area (Å²) < 4.78 is 0.240. The normalized spacial score (nSPS) is 12.8. The Bertz CT molecular complexity index is 384. The van der Waals surface area contributed by atoms with E-state index in [0.717, 1.165) is 4.90 Å². The van der Waals surface area contributed by atoms with Gasteiger partial charge in [0, 0.05) is 14.4 Å². The van der Waals surface area contributed by atoms with Gasteiger partial charge in [-0.15, -0.1) is 23.5 Å². The van der Waals surface area contributed by atoms with Crippen LogP contribution in [0.1, 0.15) is 47.1 Å². The fourth-order valence-electron chi connectivity index (χ4n) is 1.49. The van der Waals surface area contributed by atoms with Crippen LogP contribution >= 0.6 is 23.5 Å². The predicted molar refractivity (Wildman–Crippen MR) is 84.1 cm³/mol. The van der Waals surface area contributed by atoms with Gasteiger partial charge in [0.2, 0.25) is 0 Å². The van der Waals surface area contributed by atoms with E-state index in [1.54, 1.807) is 17.8 Å². The summed E-state index contributed by atoms with van der Waals surface area (Å²) in [5.74, 6) is 0.396. The molecular weight excluding hydrogens is 260 g/mol. The van der Waals surface area contributed by atoms with Gasteiger partial charge in [-0.05, 0) is 18.6 Å². The lowest BCUT2D eigenvalue weighted by atomic mass is 10.2. The second kappa shape index (κ2) is 5.38. The van der Waals surface area contributed by atoms with Gasteiger partial charge in [0.15, 0.2) is 0 Å². The maximum atomic E-state index is 10.1. The van der Waals surface area contributed by atoms with Gasteiger partial charge in [-0.1, -0.05) is 47.6 Å². The number of benzene rings is 1. The van der Waals surface area contributed by atoms with E-state index < -0.39 is 0 Å². The lowest BCUT2D eigenvalue weighted by Crippen LogP contribution is -2.10. The number of thioether (sulfide) groups is 2. The average molecular weight is 284 g/mol. The van der Waals surface area contributed by atoms with Gasteiger partial charge in [0.1, 0.15) is 5.75 Å². The van der Waals surface area contributed by atoms with Gasteiger partial charge in [-0.25, -0.2) is 0 Å². The molecule has 0 aliphatic carbocycles. The smallest absolute Gasteiger partial charge is 0.130 e. The number of rotatable bonds is 2. The third-order valence-corrected chi connectivity index (χ3v) is 4.81. The van der Waals surface area contributed by atoms with Crippen molar-refractivity contribution in [3.63, 3.8) is 0 Å². The van der Waals surface area contributed by atoms with E-state index >= 15 is 0 Å². The minimum absolute atomic E-state index is 0.0957. The fourth-order valence-corrected chi connectivity index (χ4v) is 3.82. The van der Waals surface area contributed by atoms with E-state index in [1.807, 2.05) is 17.8 Å². The Labute approximate surface area is 120 Å². The van der Waals surface area contributed by atoms with Crippen molar-refractivity contribution in [2.45, 2.75) is 67.8 Å². The summed E-state index contributed by atoms with van der Waals surface area (Å²) in [6, 6.07) is 3.80. The number of aryl methyl sites for hydroxylation is 1. The topological polar surface area (TPSA) is 20.2 Å².